The monoisotopic (exact) mass is 461 g/mol. The van der Waals surface area contributed by atoms with E-state index in [2.05, 4.69) is 9.46 Å². The van der Waals surface area contributed by atoms with Crippen LogP contribution in [0.1, 0.15) is 42.3 Å². The molecule has 0 spiro atoms. The van der Waals surface area contributed by atoms with Crippen molar-refractivity contribution in [2.75, 3.05) is 14.2 Å². The van der Waals surface area contributed by atoms with E-state index in [0.29, 0.717) is 11.1 Å². The van der Waals surface area contributed by atoms with Gasteiger partial charge in [0.1, 0.15) is 0 Å². The fourth-order valence-corrected chi connectivity index (χ4v) is 4.15. The third-order valence-electron chi connectivity index (χ3n) is 4.18. The van der Waals surface area contributed by atoms with Crippen LogP contribution in [0.25, 0.3) is 6.08 Å². The Morgan fingerprint density at radius 1 is 1.00 bits per heavy atom. The molecule has 2 rings (SSSR count). The van der Waals surface area contributed by atoms with Gasteiger partial charge in [-0.05, 0) is 69.2 Å². The second-order valence-corrected chi connectivity index (χ2v) is 9.67. The topological polar surface area (TPSA) is 108 Å². The van der Waals surface area contributed by atoms with Crippen molar-refractivity contribution in [1.82, 2.24) is 4.72 Å². The van der Waals surface area contributed by atoms with Gasteiger partial charge in [-0.3, -0.25) is 0 Å². The van der Waals surface area contributed by atoms with Crippen molar-refractivity contribution in [3.63, 3.8) is 0 Å². The number of carbonyl (C=O) groups excluding carboxylic acids is 2. The molecule has 8 nitrogen and oxygen atoms in total. The van der Waals surface area contributed by atoms with Crippen molar-refractivity contribution in [2.45, 2.75) is 38.1 Å². The molecule has 0 aliphatic heterocycles. The molecule has 0 saturated heterocycles. The predicted molar refractivity (Wildman–Crippen MR) is 120 cm³/mol. The highest BCUT2D eigenvalue weighted by Gasteiger charge is 2.24. The molecule has 0 aromatic heterocycles. The van der Waals surface area contributed by atoms with Crippen molar-refractivity contribution in [1.29, 1.82) is 0 Å². The number of esters is 2. The molecular formula is C23H27NO7S. The maximum atomic E-state index is 12.8. The summed E-state index contributed by atoms with van der Waals surface area (Å²) in [6, 6.07) is 9.00. The Labute approximate surface area is 188 Å². The third-order valence-corrected chi connectivity index (χ3v) is 5.94. The van der Waals surface area contributed by atoms with Crippen LogP contribution in [0.3, 0.4) is 0 Å². The van der Waals surface area contributed by atoms with E-state index < -0.39 is 27.5 Å². The van der Waals surface area contributed by atoms with E-state index in [-0.39, 0.29) is 22.0 Å². The van der Waals surface area contributed by atoms with E-state index >= 15 is 0 Å². The first-order chi connectivity index (χ1) is 14.9. The first-order valence-corrected chi connectivity index (χ1v) is 11.2. The number of methoxy groups -OCH3 is 2. The van der Waals surface area contributed by atoms with Crippen LogP contribution in [0.5, 0.6) is 11.5 Å². The summed E-state index contributed by atoms with van der Waals surface area (Å²) in [5.74, 6) is -0.827. The normalized spacial score (nSPS) is 11.9. The SMILES string of the molecule is COC(=O)/C=C/c1ccc(OC(=O)c2cc(S(=O)(=O)NC(C)(C)C)ccc2C)c(OC)c1. The Morgan fingerprint density at radius 2 is 1.69 bits per heavy atom. The molecule has 9 heteroatoms. The number of rotatable bonds is 7. The van der Waals surface area contributed by atoms with E-state index in [1.807, 2.05) is 0 Å². The van der Waals surface area contributed by atoms with Gasteiger partial charge in [0, 0.05) is 11.6 Å². The number of benzene rings is 2. The number of nitrogens with one attached hydrogen (secondary N) is 1. The molecule has 0 aliphatic carbocycles. The van der Waals surface area contributed by atoms with Gasteiger partial charge in [0.2, 0.25) is 10.0 Å². The fraction of sp³-hybridized carbons (Fsp3) is 0.304. The highest BCUT2D eigenvalue weighted by molar-refractivity contribution is 7.89. The molecule has 1 N–H and O–H groups in total. The second kappa shape index (κ2) is 9.97. The first-order valence-electron chi connectivity index (χ1n) is 9.67. The summed E-state index contributed by atoms with van der Waals surface area (Å²) in [6.07, 6.45) is 2.78. The number of hydrogen-bond donors (Lipinski definition) is 1. The molecule has 0 amide bonds. The van der Waals surface area contributed by atoms with Gasteiger partial charge in [-0.25, -0.2) is 22.7 Å². The van der Waals surface area contributed by atoms with E-state index in [9.17, 15) is 18.0 Å². The quantitative estimate of drug-likeness (QED) is 0.382. The summed E-state index contributed by atoms with van der Waals surface area (Å²) in [5.41, 5.74) is 0.617. The molecule has 0 unspecified atom stereocenters. The third kappa shape index (κ3) is 6.66. The first kappa shape index (κ1) is 25.1. The molecule has 0 aliphatic rings. The maximum Gasteiger partial charge on any atom is 0.343 e. The number of aryl methyl sites for hydroxylation is 1. The zero-order chi connectivity index (χ0) is 24.1. The number of sulfonamides is 1. The smallest absolute Gasteiger partial charge is 0.343 e. The van der Waals surface area contributed by atoms with Crippen LogP contribution in [0.4, 0.5) is 0 Å². The van der Waals surface area contributed by atoms with Crippen LogP contribution in [0, 0.1) is 6.92 Å². The summed E-state index contributed by atoms with van der Waals surface area (Å²) in [4.78, 5) is 24.1. The molecule has 0 heterocycles. The van der Waals surface area contributed by atoms with Crippen LogP contribution in [-0.2, 0) is 19.6 Å². The van der Waals surface area contributed by atoms with Crippen LogP contribution in [0.15, 0.2) is 47.4 Å². The molecule has 2 aromatic carbocycles. The van der Waals surface area contributed by atoms with E-state index in [1.165, 1.54) is 44.6 Å². The van der Waals surface area contributed by atoms with Crippen LogP contribution in [-0.4, -0.2) is 40.1 Å². The average molecular weight is 462 g/mol. The minimum Gasteiger partial charge on any atom is -0.493 e. The summed E-state index contributed by atoms with van der Waals surface area (Å²) < 4.78 is 43.2. The Bertz CT molecular complexity index is 1150. The summed E-state index contributed by atoms with van der Waals surface area (Å²) >= 11 is 0. The molecular weight excluding hydrogens is 434 g/mol. The lowest BCUT2D eigenvalue weighted by Crippen LogP contribution is -2.40. The molecule has 172 valence electrons. The Balaban J connectivity index is 2.33. The average Bonchev–Trinajstić information content (AvgIpc) is 2.70. The van der Waals surface area contributed by atoms with Crippen molar-refractivity contribution in [2.24, 2.45) is 0 Å². The van der Waals surface area contributed by atoms with Crippen LogP contribution >= 0.6 is 0 Å². The molecule has 0 atom stereocenters. The van der Waals surface area contributed by atoms with Gasteiger partial charge in [-0.15, -0.1) is 0 Å². The second-order valence-electron chi connectivity index (χ2n) is 7.99. The molecule has 0 fully saturated rings. The summed E-state index contributed by atoms with van der Waals surface area (Å²) in [5, 5.41) is 0. The van der Waals surface area contributed by atoms with Gasteiger partial charge in [-0.1, -0.05) is 12.1 Å². The standard InChI is InChI=1S/C23H27NO7S/c1-15-7-10-17(32(27,28)24-23(2,3)4)14-18(15)22(26)31-19-11-8-16(13-20(19)29-5)9-12-21(25)30-6/h7-14,24H,1-6H3/b12-9+. The van der Waals surface area contributed by atoms with Gasteiger partial charge in [0.15, 0.2) is 11.5 Å². The highest BCUT2D eigenvalue weighted by Crippen LogP contribution is 2.30. The Kier molecular flexibility index (Phi) is 7.82. The van der Waals surface area contributed by atoms with Gasteiger partial charge in [0.25, 0.3) is 0 Å². The molecule has 2 aromatic rings. The predicted octanol–water partition coefficient (Wildman–Crippen LogP) is 3.49. The van der Waals surface area contributed by atoms with Gasteiger partial charge >= 0.3 is 11.9 Å². The largest absolute Gasteiger partial charge is 0.493 e. The van der Waals surface area contributed by atoms with Gasteiger partial charge in [0.05, 0.1) is 24.7 Å². The molecule has 0 radical (unpaired) electrons. The molecule has 0 bridgehead atoms. The van der Waals surface area contributed by atoms with Crippen molar-refractivity contribution in [3.8, 4) is 11.5 Å². The van der Waals surface area contributed by atoms with Gasteiger partial charge < -0.3 is 14.2 Å². The number of carbonyl (C=O) groups is 2. The lowest BCUT2D eigenvalue weighted by atomic mass is 10.1. The minimum absolute atomic E-state index is 0.0414. The Hall–Kier alpha value is -3.17. The van der Waals surface area contributed by atoms with Crippen LogP contribution in [0.2, 0.25) is 0 Å². The van der Waals surface area contributed by atoms with E-state index in [1.54, 1.807) is 45.9 Å². The van der Waals surface area contributed by atoms with Gasteiger partial charge in [-0.2, -0.15) is 0 Å². The lowest BCUT2D eigenvalue weighted by molar-refractivity contribution is -0.134. The van der Waals surface area contributed by atoms with Crippen molar-refractivity contribution in [3.05, 3.63) is 59.2 Å². The van der Waals surface area contributed by atoms with Crippen molar-refractivity contribution < 1.29 is 32.2 Å². The van der Waals surface area contributed by atoms with E-state index in [0.717, 1.165) is 0 Å². The zero-order valence-electron chi connectivity index (χ0n) is 18.9. The summed E-state index contributed by atoms with van der Waals surface area (Å²) in [7, 11) is -1.14. The van der Waals surface area contributed by atoms with E-state index in [4.69, 9.17) is 9.47 Å². The molecule has 0 saturated carbocycles. The number of ether oxygens (including phenoxy) is 3. The van der Waals surface area contributed by atoms with Crippen molar-refractivity contribution >= 4 is 28.0 Å². The van der Waals surface area contributed by atoms with Crippen LogP contribution < -0.4 is 14.2 Å². The number of hydrogen-bond acceptors (Lipinski definition) is 7. The lowest BCUT2D eigenvalue weighted by Gasteiger charge is -2.20. The maximum absolute atomic E-state index is 12.8. The fourth-order valence-electron chi connectivity index (χ4n) is 2.71. The highest BCUT2D eigenvalue weighted by atomic mass is 32.2. The minimum atomic E-state index is -3.83. The molecule has 32 heavy (non-hydrogen) atoms. The summed E-state index contributed by atoms with van der Waals surface area (Å²) in [6.45, 7) is 6.86. The zero-order valence-corrected chi connectivity index (χ0v) is 19.7. The Morgan fingerprint density at radius 3 is 2.28 bits per heavy atom.